The molecular formula is C23H31FO8. The maximum atomic E-state index is 14.6. The second-order valence-electron chi connectivity index (χ2n) is 7.24. The van der Waals surface area contributed by atoms with E-state index in [-0.39, 0.29) is 30.9 Å². The van der Waals surface area contributed by atoms with Gasteiger partial charge >= 0.3 is 5.97 Å². The summed E-state index contributed by atoms with van der Waals surface area (Å²) in [6, 6.07) is 3.24. The van der Waals surface area contributed by atoms with Crippen LogP contribution in [-0.4, -0.2) is 70.7 Å². The summed E-state index contributed by atoms with van der Waals surface area (Å²) in [7, 11) is 5.80. The molecule has 1 N–H and O–H groups in total. The molecule has 1 aromatic rings. The second kappa shape index (κ2) is 12.5. The Bertz CT molecular complexity index is 822. The maximum Gasteiger partial charge on any atom is 0.342 e. The van der Waals surface area contributed by atoms with Crippen molar-refractivity contribution in [3.63, 3.8) is 0 Å². The molecule has 0 aliphatic carbocycles. The van der Waals surface area contributed by atoms with Crippen molar-refractivity contribution in [3.8, 4) is 11.5 Å². The number of cyclic esters (lactones) is 1. The Morgan fingerprint density at radius 3 is 2.53 bits per heavy atom. The predicted octanol–water partition coefficient (Wildman–Crippen LogP) is 3.27. The van der Waals surface area contributed by atoms with Crippen molar-refractivity contribution in [2.45, 2.75) is 44.2 Å². The number of benzene rings is 1. The van der Waals surface area contributed by atoms with Gasteiger partial charge in [0.1, 0.15) is 41.2 Å². The zero-order valence-corrected chi connectivity index (χ0v) is 19.0. The van der Waals surface area contributed by atoms with Crippen molar-refractivity contribution < 1.29 is 42.7 Å². The number of aliphatic hydroxyl groups is 1. The monoisotopic (exact) mass is 454 g/mol. The van der Waals surface area contributed by atoms with E-state index in [2.05, 4.69) is 0 Å². The molecule has 32 heavy (non-hydrogen) atoms. The first-order valence-corrected chi connectivity index (χ1v) is 10.2. The van der Waals surface area contributed by atoms with Crippen LogP contribution in [0, 0.1) is 0 Å². The summed E-state index contributed by atoms with van der Waals surface area (Å²) in [5.41, 5.74) is 0.681. The standard InChI is InChI=1S/C23H31FO8/c1-14-9-10-17(24)21(25)22(30-5)18(29-4)8-6-7-15-11-16(28-3)12-19(31-13-27-2)20(15)23(26)32-14/h6-7,10-12,14,18,21-22,25H,8-9,13H2,1-5H3/b7-6?,17-10+/t14?,18-,21?,22?/m0/s1. The molecule has 4 atom stereocenters. The number of ether oxygens (including phenoxy) is 6. The number of aliphatic hydroxyl groups excluding tert-OH is 1. The largest absolute Gasteiger partial charge is 0.497 e. The third-order valence-electron chi connectivity index (χ3n) is 5.03. The minimum absolute atomic E-state index is 0.0539. The lowest BCUT2D eigenvalue weighted by Crippen LogP contribution is -2.40. The van der Waals surface area contributed by atoms with Crippen LogP contribution in [0.4, 0.5) is 4.39 Å². The number of halogens is 1. The highest BCUT2D eigenvalue weighted by Crippen LogP contribution is 2.32. The summed E-state index contributed by atoms with van der Waals surface area (Å²) in [5, 5.41) is 10.4. The molecule has 1 aromatic carbocycles. The zero-order valence-electron chi connectivity index (χ0n) is 19.0. The van der Waals surface area contributed by atoms with Crippen LogP contribution in [0.1, 0.15) is 35.7 Å². The Kier molecular flexibility index (Phi) is 10.1. The molecule has 1 aliphatic heterocycles. The number of fused-ring (bicyclic) bond motifs is 1. The van der Waals surface area contributed by atoms with Gasteiger partial charge in [-0.25, -0.2) is 9.18 Å². The second-order valence-corrected chi connectivity index (χ2v) is 7.24. The van der Waals surface area contributed by atoms with E-state index in [9.17, 15) is 14.3 Å². The summed E-state index contributed by atoms with van der Waals surface area (Å²) >= 11 is 0. The van der Waals surface area contributed by atoms with E-state index in [0.717, 1.165) is 0 Å². The first-order valence-electron chi connectivity index (χ1n) is 10.2. The molecule has 0 amide bonds. The molecule has 0 fully saturated rings. The van der Waals surface area contributed by atoms with E-state index < -0.39 is 36.2 Å². The summed E-state index contributed by atoms with van der Waals surface area (Å²) in [4.78, 5) is 13.0. The number of hydrogen-bond acceptors (Lipinski definition) is 8. The lowest BCUT2D eigenvalue weighted by Gasteiger charge is -2.27. The van der Waals surface area contributed by atoms with Gasteiger partial charge in [-0.05, 0) is 31.1 Å². The van der Waals surface area contributed by atoms with Crippen LogP contribution in [0.2, 0.25) is 0 Å². The average molecular weight is 454 g/mol. The highest BCUT2D eigenvalue weighted by Gasteiger charge is 2.31. The van der Waals surface area contributed by atoms with E-state index in [1.165, 1.54) is 34.5 Å². The quantitative estimate of drug-likeness (QED) is 0.517. The molecule has 3 unspecified atom stereocenters. The fourth-order valence-corrected chi connectivity index (χ4v) is 3.34. The number of hydrogen-bond donors (Lipinski definition) is 1. The number of carbonyl (C=O) groups is 1. The number of rotatable bonds is 6. The average Bonchev–Trinajstić information content (AvgIpc) is 2.79. The van der Waals surface area contributed by atoms with Gasteiger partial charge < -0.3 is 33.5 Å². The van der Waals surface area contributed by atoms with E-state index in [4.69, 9.17) is 28.4 Å². The fourth-order valence-electron chi connectivity index (χ4n) is 3.34. The highest BCUT2D eigenvalue weighted by molar-refractivity contribution is 5.97. The van der Waals surface area contributed by atoms with Gasteiger partial charge in [0.05, 0.1) is 13.2 Å². The maximum absolute atomic E-state index is 14.6. The Morgan fingerprint density at radius 2 is 1.91 bits per heavy atom. The van der Waals surface area contributed by atoms with Crippen molar-refractivity contribution in [3.05, 3.63) is 41.2 Å². The van der Waals surface area contributed by atoms with Gasteiger partial charge in [-0.3, -0.25) is 0 Å². The normalized spacial score (nSPS) is 26.3. The molecule has 8 nitrogen and oxygen atoms in total. The predicted molar refractivity (Wildman–Crippen MR) is 115 cm³/mol. The van der Waals surface area contributed by atoms with Crippen molar-refractivity contribution in [2.75, 3.05) is 35.2 Å². The number of esters is 1. The molecule has 0 aromatic heterocycles. The lowest BCUT2D eigenvalue weighted by atomic mass is 10.00. The van der Waals surface area contributed by atoms with Gasteiger partial charge in [0.15, 0.2) is 6.79 Å². The lowest BCUT2D eigenvalue weighted by molar-refractivity contribution is -0.0876. The summed E-state index contributed by atoms with van der Waals surface area (Å²) in [5.74, 6) is -0.724. The molecule has 9 heteroatoms. The molecule has 2 rings (SSSR count). The van der Waals surface area contributed by atoms with Gasteiger partial charge in [-0.1, -0.05) is 12.2 Å². The Balaban J connectivity index is 2.57. The first-order chi connectivity index (χ1) is 15.4. The van der Waals surface area contributed by atoms with Crippen LogP contribution in [-0.2, 0) is 18.9 Å². The van der Waals surface area contributed by atoms with E-state index in [1.807, 2.05) is 0 Å². The third-order valence-corrected chi connectivity index (χ3v) is 5.03. The molecule has 1 heterocycles. The molecule has 0 spiro atoms. The van der Waals surface area contributed by atoms with Gasteiger partial charge in [-0.2, -0.15) is 0 Å². The SMILES string of the molecule is COCOc1cc(OC)cc2c1C(=O)OC(C)C/C=C(/F)C(O)C(OC)[C@@H](OC)CC=C2. The fraction of sp³-hybridized carbons (Fsp3) is 0.522. The molecule has 0 bridgehead atoms. The van der Waals surface area contributed by atoms with Crippen molar-refractivity contribution >= 4 is 12.0 Å². The van der Waals surface area contributed by atoms with E-state index in [0.29, 0.717) is 11.3 Å². The Hall–Kier alpha value is -2.46. The van der Waals surface area contributed by atoms with Crippen molar-refractivity contribution in [1.29, 1.82) is 0 Å². The molecule has 0 radical (unpaired) electrons. The minimum atomic E-state index is -1.52. The zero-order chi connectivity index (χ0) is 23.7. The van der Waals surface area contributed by atoms with Gasteiger partial charge in [-0.15, -0.1) is 0 Å². The Morgan fingerprint density at radius 1 is 1.16 bits per heavy atom. The van der Waals surface area contributed by atoms with Crippen LogP contribution in [0.15, 0.2) is 30.1 Å². The Labute approximate surface area is 187 Å². The first kappa shape index (κ1) is 25.8. The highest BCUT2D eigenvalue weighted by atomic mass is 19.1. The molecule has 178 valence electrons. The van der Waals surface area contributed by atoms with Gasteiger partial charge in [0, 0.05) is 33.8 Å². The molecule has 1 aliphatic rings. The van der Waals surface area contributed by atoms with Crippen LogP contribution in [0.5, 0.6) is 11.5 Å². The molecule has 0 saturated heterocycles. The number of methoxy groups -OCH3 is 4. The molecular weight excluding hydrogens is 423 g/mol. The topological polar surface area (TPSA) is 92.7 Å². The van der Waals surface area contributed by atoms with Crippen molar-refractivity contribution in [2.24, 2.45) is 0 Å². The van der Waals surface area contributed by atoms with Crippen LogP contribution < -0.4 is 9.47 Å². The van der Waals surface area contributed by atoms with Gasteiger partial charge in [0.2, 0.25) is 0 Å². The van der Waals surface area contributed by atoms with Crippen LogP contribution in [0.25, 0.3) is 6.08 Å². The number of carbonyl (C=O) groups excluding carboxylic acids is 1. The van der Waals surface area contributed by atoms with Crippen molar-refractivity contribution in [1.82, 2.24) is 0 Å². The van der Waals surface area contributed by atoms with Gasteiger partial charge in [0.25, 0.3) is 0 Å². The third kappa shape index (κ3) is 6.52. The van der Waals surface area contributed by atoms with E-state index in [1.54, 1.807) is 31.2 Å². The summed E-state index contributed by atoms with van der Waals surface area (Å²) < 4.78 is 46.7. The van der Waals surface area contributed by atoms with E-state index >= 15 is 0 Å². The van der Waals surface area contributed by atoms with Crippen LogP contribution >= 0.6 is 0 Å². The summed E-state index contributed by atoms with van der Waals surface area (Å²) in [6.07, 6.45) is 1.15. The minimum Gasteiger partial charge on any atom is -0.497 e. The smallest absolute Gasteiger partial charge is 0.342 e. The summed E-state index contributed by atoms with van der Waals surface area (Å²) in [6.45, 7) is 1.54. The molecule has 0 saturated carbocycles. The van der Waals surface area contributed by atoms with Crippen LogP contribution in [0.3, 0.4) is 0 Å².